The zero-order chi connectivity index (χ0) is 12.7. The lowest BCUT2D eigenvalue weighted by Gasteiger charge is -2.06. The molecule has 0 bridgehead atoms. The van der Waals surface area contributed by atoms with Gasteiger partial charge in [0, 0.05) is 0 Å². The van der Waals surface area contributed by atoms with E-state index in [1.54, 1.807) is 31.2 Å². The van der Waals surface area contributed by atoms with Gasteiger partial charge in [-0.2, -0.15) is 10.2 Å². The molecule has 90 valence electrons. The monoisotopic (exact) mass is 234 g/mol. The number of azo groups is 1. The molecule has 1 aromatic rings. The van der Waals surface area contributed by atoms with Gasteiger partial charge >= 0.3 is 5.97 Å². The summed E-state index contributed by atoms with van der Waals surface area (Å²) in [5.74, 6) is -1.05. The highest BCUT2D eigenvalue weighted by Gasteiger charge is 2.24. The number of ether oxygens (including phenoxy) is 1. The van der Waals surface area contributed by atoms with Crippen molar-refractivity contribution in [2.45, 2.75) is 19.9 Å². The summed E-state index contributed by atoms with van der Waals surface area (Å²) in [4.78, 5) is 22.6. The third kappa shape index (κ3) is 4.14. The summed E-state index contributed by atoms with van der Waals surface area (Å²) in [6, 6.07) is 7.71. The molecule has 0 N–H and O–H groups in total. The van der Waals surface area contributed by atoms with Crippen LogP contribution in [0.2, 0.25) is 0 Å². The van der Waals surface area contributed by atoms with E-state index in [9.17, 15) is 9.59 Å². The number of ketones is 1. The van der Waals surface area contributed by atoms with Crippen molar-refractivity contribution in [2.24, 2.45) is 10.2 Å². The van der Waals surface area contributed by atoms with Gasteiger partial charge in [0.1, 0.15) is 0 Å². The maximum Gasteiger partial charge on any atom is 0.340 e. The first-order chi connectivity index (χ1) is 8.15. The average molecular weight is 234 g/mol. The Labute approximate surface area is 99.5 Å². The summed E-state index contributed by atoms with van der Waals surface area (Å²) in [6.45, 7) is 3.17. The summed E-state index contributed by atoms with van der Waals surface area (Å²) < 4.78 is 4.74. The van der Waals surface area contributed by atoms with Gasteiger partial charge in [0.05, 0.1) is 12.3 Å². The molecule has 0 amide bonds. The SMILES string of the molecule is CCOC(=O)C(N=Nc1ccccc1)C(C)=O. The van der Waals surface area contributed by atoms with Gasteiger partial charge < -0.3 is 4.74 Å². The Kier molecular flexibility index (Phi) is 5.00. The zero-order valence-corrected chi connectivity index (χ0v) is 9.79. The van der Waals surface area contributed by atoms with Crippen molar-refractivity contribution < 1.29 is 14.3 Å². The fraction of sp³-hybridized carbons (Fsp3) is 0.333. The summed E-state index contributed by atoms with van der Waals surface area (Å²) in [5.41, 5.74) is 0.586. The lowest BCUT2D eigenvalue weighted by Crippen LogP contribution is -2.28. The van der Waals surface area contributed by atoms with Crippen molar-refractivity contribution in [3.8, 4) is 0 Å². The van der Waals surface area contributed by atoms with E-state index in [0.717, 1.165) is 0 Å². The van der Waals surface area contributed by atoms with Crippen LogP contribution in [0.15, 0.2) is 40.6 Å². The number of hydrogen-bond acceptors (Lipinski definition) is 5. The number of carbonyl (C=O) groups excluding carboxylic acids is 2. The minimum absolute atomic E-state index is 0.212. The van der Waals surface area contributed by atoms with E-state index in [0.29, 0.717) is 5.69 Å². The summed E-state index contributed by atoms with van der Waals surface area (Å²) in [5, 5.41) is 7.55. The van der Waals surface area contributed by atoms with E-state index in [2.05, 4.69) is 10.2 Å². The number of nitrogens with zero attached hydrogens (tertiary/aromatic N) is 2. The molecule has 0 fully saturated rings. The van der Waals surface area contributed by atoms with Crippen LogP contribution in [0.25, 0.3) is 0 Å². The van der Waals surface area contributed by atoms with Crippen LogP contribution in [-0.2, 0) is 14.3 Å². The molecule has 0 spiro atoms. The van der Waals surface area contributed by atoms with E-state index in [1.165, 1.54) is 6.92 Å². The van der Waals surface area contributed by atoms with Gasteiger partial charge in [-0.25, -0.2) is 4.79 Å². The van der Waals surface area contributed by atoms with E-state index >= 15 is 0 Å². The van der Waals surface area contributed by atoms with E-state index in [4.69, 9.17) is 4.74 Å². The molecule has 1 aromatic carbocycles. The van der Waals surface area contributed by atoms with Crippen molar-refractivity contribution in [1.29, 1.82) is 0 Å². The first-order valence-electron chi connectivity index (χ1n) is 5.28. The first kappa shape index (κ1) is 13.0. The standard InChI is InChI=1S/C12H14N2O3/c1-3-17-12(16)11(9(2)15)14-13-10-7-5-4-6-8-10/h4-8,11H,3H2,1-2H3. The van der Waals surface area contributed by atoms with Crippen molar-refractivity contribution in [2.75, 3.05) is 6.61 Å². The second kappa shape index (κ2) is 6.52. The fourth-order valence-electron chi connectivity index (χ4n) is 1.13. The highest BCUT2D eigenvalue weighted by atomic mass is 16.5. The summed E-state index contributed by atoms with van der Waals surface area (Å²) >= 11 is 0. The fourth-order valence-corrected chi connectivity index (χ4v) is 1.13. The first-order valence-corrected chi connectivity index (χ1v) is 5.28. The predicted octanol–water partition coefficient (Wildman–Crippen LogP) is 2.29. The predicted molar refractivity (Wildman–Crippen MR) is 62.1 cm³/mol. The Morgan fingerprint density at radius 3 is 2.47 bits per heavy atom. The van der Waals surface area contributed by atoms with Gasteiger partial charge in [-0.3, -0.25) is 4.79 Å². The van der Waals surface area contributed by atoms with Gasteiger partial charge in [-0.15, -0.1) is 0 Å². The van der Waals surface area contributed by atoms with Crippen molar-refractivity contribution in [3.63, 3.8) is 0 Å². The number of Topliss-reactive ketones (excluding diaryl/α,β-unsaturated/α-hetero) is 1. The molecule has 5 nitrogen and oxygen atoms in total. The van der Waals surface area contributed by atoms with Crippen LogP contribution in [-0.4, -0.2) is 24.4 Å². The summed E-state index contributed by atoms with van der Waals surface area (Å²) in [6.07, 6.45) is 0. The zero-order valence-electron chi connectivity index (χ0n) is 9.79. The largest absolute Gasteiger partial charge is 0.464 e. The number of esters is 1. The number of carbonyl (C=O) groups is 2. The van der Waals surface area contributed by atoms with Gasteiger partial charge in [0.15, 0.2) is 5.78 Å². The molecule has 1 unspecified atom stereocenters. The molecule has 17 heavy (non-hydrogen) atoms. The third-order valence-electron chi connectivity index (χ3n) is 1.94. The molecule has 0 heterocycles. The molecule has 1 atom stereocenters. The van der Waals surface area contributed by atoms with Crippen LogP contribution in [0.1, 0.15) is 13.8 Å². The Bertz CT molecular complexity index is 415. The average Bonchev–Trinajstić information content (AvgIpc) is 2.30. The Morgan fingerprint density at radius 1 is 1.29 bits per heavy atom. The van der Waals surface area contributed by atoms with Gasteiger partial charge in [-0.1, -0.05) is 18.2 Å². The van der Waals surface area contributed by atoms with Crippen LogP contribution < -0.4 is 0 Å². The highest BCUT2D eigenvalue weighted by molar-refractivity contribution is 6.02. The molecule has 0 aromatic heterocycles. The van der Waals surface area contributed by atoms with Gasteiger partial charge in [0.2, 0.25) is 6.04 Å². The molecule has 5 heteroatoms. The third-order valence-corrected chi connectivity index (χ3v) is 1.94. The molecule has 0 radical (unpaired) electrons. The summed E-state index contributed by atoms with van der Waals surface area (Å²) in [7, 11) is 0. The van der Waals surface area contributed by atoms with Crippen molar-refractivity contribution in [3.05, 3.63) is 30.3 Å². The quantitative estimate of drug-likeness (QED) is 0.446. The second-order valence-corrected chi connectivity index (χ2v) is 3.32. The van der Waals surface area contributed by atoms with Crippen molar-refractivity contribution >= 4 is 17.4 Å². The van der Waals surface area contributed by atoms with Crippen LogP contribution in [0, 0.1) is 0 Å². The van der Waals surface area contributed by atoms with E-state index < -0.39 is 12.0 Å². The molecule has 0 aliphatic heterocycles. The number of rotatable bonds is 5. The maximum atomic E-state index is 11.4. The molecule has 1 rings (SSSR count). The molecular weight excluding hydrogens is 220 g/mol. The molecule has 0 aliphatic carbocycles. The van der Waals surface area contributed by atoms with E-state index in [-0.39, 0.29) is 12.4 Å². The molecule has 0 saturated carbocycles. The van der Waals surface area contributed by atoms with Crippen LogP contribution in [0.4, 0.5) is 5.69 Å². The number of hydrogen-bond donors (Lipinski definition) is 0. The van der Waals surface area contributed by atoms with Gasteiger partial charge in [-0.05, 0) is 26.0 Å². The van der Waals surface area contributed by atoms with Crippen LogP contribution >= 0.6 is 0 Å². The van der Waals surface area contributed by atoms with Crippen molar-refractivity contribution in [1.82, 2.24) is 0 Å². The Morgan fingerprint density at radius 2 is 1.94 bits per heavy atom. The van der Waals surface area contributed by atoms with Gasteiger partial charge in [0.25, 0.3) is 0 Å². The topological polar surface area (TPSA) is 68.1 Å². The second-order valence-electron chi connectivity index (χ2n) is 3.32. The minimum Gasteiger partial charge on any atom is -0.464 e. The van der Waals surface area contributed by atoms with Crippen LogP contribution in [0.5, 0.6) is 0 Å². The Balaban J connectivity index is 2.77. The minimum atomic E-state index is -1.17. The van der Waals surface area contributed by atoms with E-state index in [1.807, 2.05) is 6.07 Å². The Hall–Kier alpha value is -2.04. The lowest BCUT2D eigenvalue weighted by atomic mass is 10.2. The highest BCUT2D eigenvalue weighted by Crippen LogP contribution is 2.12. The normalized spacial score (nSPS) is 12.4. The molecule has 0 aliphatic rings. The maximum absolute atomic E-state index is 11.4. The lowest BCUT2D eigenvalue weighted by molar-refractivity contribution is -0.147. The molecule has 0 saturated heterocycles. The van der Waals surface area contributed by atoms with Crippen LogP contribution in [0.3, 0.4) is 0 Å². The molecular formula is C12H14N2O3. The number of benzene rings is 1. The smallest absolute Gasteiger partial charge is 0.340 e.